The second-order valence-electron chi connectivity index (χ2n) is 7.55. The summed E-state index contributed by atoms with van der Waals surface area (Å²) in [5.74, 6) is 0.695. The first-order valence-electron chi connectivity index (χ1n) is 10.8. The van der Waals surface area contributed by atoms with Crippen LogP contribution in [0.1, 0.15) is 70.8 Å². The highest BCUT2D eigenvalue weighted by Crippen LogP contribution is 2.25. The monoisotopic (exact) mass is 392 g/mol. The summed E-state index contributed by atoms with van der Waals surface area (Å²) in [5.41, 5.74) is 0.884. The second kappa shape index (κ2) is 12.8. The van der Waals surface area contributed by atoms with Crippen molar-refractivity contribution in [3.8, 4) is 11.5 Å². The van der Waals surface area contributed by atoms with Gasteiger partial charge in [-0.15, -0.1) is 0 Å². The molecule has 0 radical (unpaired) electrons. The number of hydrogen-bond donors (Lipinski definition) is 0. The van der Waals surface area contributed by atoms with Crippen LogP contribution in [0.2, 0.25) is 0 Å². The maximum absolute atomic E-state index is 12.4. The number of esters is 1. The predicted octanol–water partition coefficient (Wildman–Crippen LogP) is 5.43. The summed E-state index contributed by atoms with van der Waals surface area (Å²) in [6.45, 7) is 7.71. The van der Waals surface area contributed by atoms with E-state index in [0.29, 0.717) is 19.0 Å². The Balaban J connectivity index is 1.74. The van der Waals surface area contributed by atoms with Gasteiger partial charge in [0.15, 0.2) is 6.29 Å². The molecule has 158 valence electrons. The van der Waals surface area contributed by atoms with Crippen molar-refractivity contribution in [3.63, 3.8) is 0 Å². The number of hydrogen-bond acceptors (Lipinski definition) is 5. The Morgan fingerprint density at radius 2 is 1.75 bits per heavy atom. The summed E-state index contributed by atoms with van der Waals surface area (Å²) in [5, 5.41) is 0. The Hall–Kier alpha value is -1.59. The molecular weight excluding hydrogens is 356 g/mol. The minimum atomic E-state index is -0.378. The molecule has 0 aromatic heterocycles. The van der Waals surface area contributed by atoms with Gasteiger partial charge in [-0.25, -0.2) is 0 Å². The van der Waals surface area contributed by atoms with Gasteiger partial charge in [0.05, 0.1) is 19.8 Å². The maximum atomic E-state index is 12.4. The number of benzene rings is 1. The summed E-state index contributed by atoms with van der Waals surface area (Å²) in [6, 6.07) is 5.57. The van der Waals surface area contributed by atoms with Crippen LogP contribution < -0.4 is 9.47 Å². The van der Waals surface area contributed by atoms with Crippen molar-refractivity contribution in [1.29, 1.82) is 0 Å². The second-order valence-corrected chi connectivity index (χ2v) is 7.55. The largest absolute Gasteiger partial charge is 0.494 e. The fourth-order valence-corrected chi connectivity index (χ4v) is 3.14. The third-order valence-corrected chi connectivity index (χ3v) is 4.97. The van der Waals surface area contributed by atoms with Crippen LogP contribution >= 0.6 is 0 Å². The molecule has 1 aliphatic rings. The molecule has 1 aromatic carbocycles. The standard InChI is InChI=1S/C23H36O5/c1-4-6-8-10-14-25-20-12-13-21(18(3)15-20)28-23(24)19-16-26-22(27-17-19)11-9-7-5-2/h12-13,15,19,22H,4-11,14,16-17H2,1-3H3. The van der Waals surface area contributed by atoms with Crippen LogP contribution in [0.25, 0.3) is 0 Å². The zero-order valence-corrected chi connectivity index (χ0v) is 17.7. The van der Waals surface area contributed by atoms with Gasteiger partial charge in [-0.3, -0.25) is 4.79 Å². The van der Waals surface area contributed by atoms with E-state index in [1.807, 2.05) is 19.1 Å². The molecular formula is C23H36O5. The molecule has 1 aliphatic heterocycles. The van der Waals surface area contributed by atoms with E-state index in [9.17, 15) is 4.79 Å². The quantitative estimate of drug-likeness (QED) is 0.270. The average molecular weight is 393 g/mol. The molecule has 0 atom stereocenters. The molecule has 0 N–H and O–H groups in total. The van der Waals surface area contributed by atoms with Gasteiger partial charge in [0.2, 0.25) is 0 Å². The highest BCUT2D eigenvalue weighted by atomic mass is 16.7. The van der Waals surface area contributed by atoms with Crippen molar-refractivity contribution in [3.05, 3.63) is 23.8 Å². The summed E-state index contributed by atoms with van der Waals surface area (Å²) < 4.78 is 22.7. The summed E-state index contributed by atoms with van der Waals surface area (Å²) in [4.78, 5) is 12.4. The van der Waals surface area contributed by atoms with Crippen molar-refractivity contribution >= 4 is 5.97 Å². The van der Waals surface area contributed by atoms with E-state index < -0.39 is 0 Å². The van der Waals surface area contributed by atoms with Crippen LogP contribution in [-0.4, -0.2) is 32.1 Å². The van der Waals surface area contributed by atoms with E-state index in [2.05, 4.69) is 13.8 Å². The van der Waals surface area contributed by atoms with E-state index in [1.165, 1.54) is 32.1 Å². The summed E-state index contributed by atoms with van der Waals surface area (Å²) in [7, 11) is 0. The molecule has 2 rings (SSSR count). The number of carbonyl (C=O) groups is 1. The Labute approximate surface area is 169 Å². The number of carbonyl (C=O) groups excluding carboxylic acids is 1. The maximum Gasteiger partial charge on any atom is 0.319 e. The van der Waals surface area contributed by atoms with E-state index in [1.54, 1.807) is 6.07 Å². The lowest BCUT2D eigenvalue weighted by Gasteiger charge is -2.28. The lowest BCUT2D eigenvalue weighted by atomic mass is 10.1. The minimum absolute atomic E-state index is 0.189. The van der Waals surface area contributed by atoms with Crippen LogP contribution in [-0.2, 0) is 14.3 Å². The topological polar surface area (TPSA) is 54.0 Å². The molecule has 5 nitrogen and oxygen atoms in total. The van der Waals surface area contributed by atoms with Gasteiger partial charge >= 0.3 is 5.97 Å². The Kier molecular flexibility index (Phi) is 10.4. The van der Waals surface area contributed by atoms with Crippen LogP contribution in [0.15, 0.2) is 18.2 Å². The first-order chi connectivity index (χ1) is 13.6. The smallest absolute Gasteiger partial charge is 0.319 e. The third-order valence-electron chi connectivity index (χ3n) is 4.97. The van der Waals surface area contributed by atoms with Gasteiger partial charge in [0.25, 0.3) is 0 Å². The van der Waals surface area contributed by atoms with E-state index >= 15 is 0 Å². The lowest BCUT2D eigenvalue weighted by Crippen LogP contribution is -2.38. The van der Waals surface area contributed by atoms with Crippen LogP contribution in [0.4, 0.5) is 0 Å². The fourth-order valence-electron chi connectivity index (χ4n) is 3.14. The molecule has 1 heterocycles. The highest BCUT2D eigenvalue weighted by molar-refractivity contribution is 5.76. The zero-order chi connectivity index (χ0) is 20.2. The van der Waals surface area contributed by atoms with Gasteiger partial charge in [-0.1, -0.05) is 46.0 Å². The molecule has 1 aromatic rings. The SMILES string of the molecule is CCCCCCOc1ccc(OC(=O)C2COC(CCCCC)OC2)c(C)c1. The van der Waals surface area contributed by atoms with Crippen LogP contribution in [0.3, 0.4) is 0 Å². The Morgan fingerprint density at radius 1 is 1.04 bits per heavy atom. The van der Waals surface area contributed by atoms with Crippen molar-refractivity contribution in [2.24, 2.45) is 5.92 Å². The highest BCUT2D eigenvalue weighted by Gasteiger charge is 2.29. The predicted molar refractivity (Wildman–Crippen MR) is 110 cm³/mol. The normalized spacial score (nSPS) is 19.4. The molecule has 28 heavy (non-hydrogen) atoms. The summed E-state index contributed by atoms with van der Waals surface area (Å²) in [6.07, 6.45) is 8.83. The van der Waals surface area contributed by atoms with Crippen molar-refractivity contribution in [2.45, 2.75) is 78.4 Å². The van der Waals surface area contributed by atoms with E-state index in [0.717, 1.165) is 37.2 Å². The zero-order valence-electron chi connectivity index (χ0n) is 17.7. The molecule has 0 unspecified atom stereocenters. The van der Waals surface area contributed by atoms with Gasteiger partial charge in [0.1, 0.15) is 17.4 Å². The van der Waals surface area contributed by atoms with Gasteiger partial charge < -0.3 is 18.9 Å². The summed E-state index contributed by atoms with van der Waals surface area (Å²) >= 11 is 0. The van der Waals surface area contributed by atoms with Gasteiger partial charge in [-0.05, 0) is 49.9 Å². The van der Waals surface area contributed by atoms with Crippen LogP contribution in [0, 0.1) is 12.8 Å². The Bertz CT molecular complexity index is 578. The molecule has 5 heteroatoms. The first-order valence-corrected chi connectivity index (χ1v) is 10.8. The van der Waals surface area contributed by atoms with Gasteiger partial charge in [0, 0.05) is 0 Å². The van der Waals surface area contributed by atoms with E-state index in [4.69, 9.17) is 18.9 Å². The molecule has 1 saturated heterocycles. The van der Waals surface area contributed by atoms with Crippen molar-refractivity contribution in [2.75, 3.05) is 19.8 Å². The van der Waals surface area contributed by atoms with Crippen molar-refractivity contribution < 1.29 is 23.7 Å². The average Bonchev–Trinajstić information content (AvgIpc) is 2.70. The van der Waals surface area contributed by atoms with Crippen LogP contribution in [0.5, 0.6) is 11.5 Å². The van der Waals surface area contributed by atoms with E-state index in [-0.39, 0.29) is 18.2 Å². The van der Waals surface area contributed by atoms with Gasteiger partial charge in [-0.2, -0.15) is 0 Å². The molecule has 0 spiro atoms. The molecule has 0 aliphatic carbocycles. The fraction of sp³-hybridized carbons (Fsp3) is 0.696. The first kappa shape index (κ1) is 22.7. The number of unbranched alkanes of at least 4 members (excludes halogenated alkanes) is 5. The molecule has 0 amide bonds. The minimum Gasteiger partial charge on any atom is -0.494 e. The molecule has 0 bridgehead atoms. The third kappa shape index (κ3) is 7.80. The molecule has 1 fully saturated rings. The lowest BCUT2D eigenvalue weighted by molar-refractivity contribution is -0.208. The molecule has 0 saturated carbocycles. The number of rotatable bonds is 12. The Morgan fingerprint density at radius 3 is 2.43 bits per heavy atom. The van der Waals surface area contributed by atoms with Crippen molar-refractivity contribution in [1.82, 2.24) is 0 Å². The number of ether oxygens (including phenoxy) is 4. The number of aryl methyl sites for hydroxylation is 1.